The number of halogens is 2. The van der Waals surface area contributed by atoms with E-state index < -0.39 is 21.8 Å². The van der Waals surface area contributed by atoms with Crippen molar-refractivity contribution in [1.82, 2.24) is 10.2 Å². The van der Waals surface area contributed by atoms with Gasteiger partial charge in [-0.1, -0.05) is 47.5 Å². The van der Waals surface area contributed by atoms with Gasteiger partial charge in [0.1, 0.15) is 0 Å². The van der Waals surface area contributed by atoms with E-state index in [0.717, 1.165) is 11.1 Å². The van der Waals surface area contributed by atoms with Crippen molar-refractivity contribution in [2.45, 2.75) is 13.0 Å². The molecule has 0 aliphatic carbocycles. The van der Waals surface area contributed by atoms with Crippen molar-refractivity contribution in [3.05, 3.63) is 99.0 Å². The molecular formula is C27H28Cl2N4O4S. The zero-order valence-corrected chi connectivity index (χ0v) is 23.0. The van der Waals surface area contributed by atoms with Crippen LogP contribution in [0.5, 0.6) is 0 Å². The van der Waals surface area contributed by atoms with E-state index in [4.69, 9.17) is 28.9 Å². The molecule has 38 heavy (non-hydrogen) atoms. The number of primary amides is 1. The lowest BCUT2D eigenvalue weighted by atomic mass is 9.91. The maximum absolute atomic E-state index is 13.0. The predicted octanol–water partition coefficient (Wildman–Crippen LogP) is 3.98. The molecule has 1 aliphatic rings. The first kappa shape index (κ1) is 27.9. The number of likely N-dealkylation sites (tertiary alicyclic amines) is 1. The Kier molecular flexibility index (Phi) is 8.62. The molecule has 1 heterocycles. The van der Waals surface area contributed by atoms with Crippen molar-refractivity contribution in [1.29, 1.82) is 0 Å². The van der Waals surface area contributed by atoms with Crippen molar-refractivity contribution in [3.8, 4) is 0 Å². The Balaban J connectivity index is 1.43. The summed E-state index contributed by atoms with van der Waals surface area (Å²) >= 11 is 12.2. The molecule has 1 fully saturated rings. The summed E-state index contributed by atoms with van der Waals surface area (Å²) in [6.45, 7) is 2.62. The second-order valence-corrected chi connectivity index (χ2v) is 12.1. The quantitative estimate of drug-likeness (QED) is 0.338. The number of amides is 2. The molecule has 1 aliphatic heterocycles. The average Bonchev–Trinajstić information content (AvgIpc) is 2.82. The number of nitrogens with one attached hydrogen (secondary N) is 2. The second-order valence-electron chi connectivity index (χ2n) is 9.45. The van der Waals surface area contributed by atoms with E-state index in [1.54, 1.807) is 19.1 Å². The number of anilines is 1. The Morgan fingerprint density at radius 2 is 1.53 bits per heavy atom. The fraction of sp³-hybridized carbons (Fsp3) is 0.259. The molecule has 3 aromatic carbocycles. The van der Waals surface area contributed by atoms with E-state index in [9.17, 15) is 18.0 Å². The van der Waals surface area contributed by atoms with Gasteiger partial charge in [0.2, 0.25) is 15.9 Å². The third-order valence-electron chi connectivity index (χ3n) is 6.21. The van der Waals surface area contributed by atoms with Crippen LogP contribution in [0.15, 0.2) is 66.7 Å². The Labute approximate surface area is 232 Å². The molecule has 2 amide bonds. The van der Waals surface area contributed by atoms with Crippen molar-refractivity contribution < 1.29 is 18.0 Å². The second kappa shape index (κ2) is 11.7. The van der Waals surface area contributed by atoms with Gasteiger partial charge in [0.25, 0.3) is 5.91 Å². The number of rotatable bonds is 10. The normalized spacial score (nSPS) is 14.2. The van der Waals surface area contributed by atoms with Crippen LogP contribution >= 0.6 is 23.2 Å². The summed E-state index contributed by atoms with van der Waals surface area (Å²) in [6, 6.07) is 19.9. The molecule has 8 nitrogen and oxygen atoms in total. The summed E-state index contributed by atoms with van der Waals surface area (Å²) in [4.78, 5) is 25.5. The first-order valence-corrected chi connectivity index (χ1v) is 14.3. The SMILES string of the molecule is Cc1cc(NS(=O)(=O)CC2CN(C(c3ccc(Cl)cc3)c3ccc(Cl)cc3)C2)cc(C(=O)NCC(N)=O)c1. The van der Waals surface area contributed by atoms with Crippen LogP contribution in [0.1, 0.15) is 33.1 Å². The minimum atomic E-state index is -3.69. The number of carbonyl (C=O) groups excluding carboxylic acids is 2. The smallest absolute Gasteiger partial charge is 0.251 e. The fourth-order valence-electron chi connectivity index (χ4n) is 4.60. The van der Waals surface area contributed by atoms with Gasteiger partial charge in [-0.15, -0.1) is 0 Å². The summed E-state index contributed by atoms with van der Waals surface area (Å²) in [5.41, 5.74) is 8.39. The highest BCUT2D eigenvalue weighted by Crippen LogP contribution is 2.36. The molecule has 0 bridgehead atoms. The van der Waals surface area contributed by atoms with E-state index >= 15 is 0 Å². The van der Waals surface area contributed by atoms with Gasteiger partial charge < -0.3 is 11.1 Å². The number of nitrogens with two attached hydrogens (primary N) is 1. The zero-order chi connectivity index (χ0) is 27.4. The monoisotopic (exact) mass is 574 g/mol. The molecule has 0 aromatic heterocycles. The summed E-state index contributed by atoms with van der Waals surface area (Å²) < 4.78 is 28.6. The standard InChI is InChI=1S/C27H28Cl2N4O4S/c1-17-10-21(27(35)31-13-25(30)34)12-24(11-17)32-38(36,37)16-18-14-33(15-18)26(19-2-6-22(28)7-3-19)20-4-8-23(29)9-5-20/h2-12,18,26,32H,13-16H2,1H3,(H2,30,34)(H,31,35). The van der Waals surface area contributed by atoms with E-state index in [2.05, 4.69) is 14.9 Å². The van der Waals surface area contributed by atoms with Crippen molar-refractivity contribution in [2.24, 2.45) is 11.7 Å². The van der Waals surface area contributed by atoms with E-state index in [-0.39, 0.29) is 35.5 Å². The molecule has 11 heteroatoms. The van der Waals surface area contributed by atoms with E-state index in [1.165, 1.54) is 6.07 Å². The Bertz CT molecular complexity index is 1380. The molecule has 4 rings (SSSR count). The lowest BCUT2D eigenvalue weighted by molar-refractivity contribution is -0.117. The molecule has 0 saturated carbocycles. The number of nitrogens with zero attached hydrogens (tertiary/aromatic N) is 1. The van der Waals surface area contributed by atoms with Gasteiger partial charge in [-0.05, 0) is 66.1 Å². The molecule has 3 aromatic rings. The maximum Gasteiger partial charge on any atom is 0.251 e. The minimum absolute atomic E-state index is 0.0605. The highest BCUT2D eigenvalue weighted by atomic mass is 35.5. The third-order valence-corrected chi connectivity index (χ3v) is 8.17. The number of carbonyl (C=O) groups is 2. The van der Waals surface area contributed by atoms with Gasteiger partial charge in [0.15, 0.2) is 0 Å². The summed E-state index contributed by atoms with van der Waals surface area (Å²) in [5, 5.41) is 3.69. The zero-order valence-electron chi connectivity index (χ0n) is 20.7. The highest BCUT2D eigenvalue weighted by molar-refractivity contribution is 7.92. The van der Waals surface area contributed by atoms with E-state index in [1.807, 2.05) is 48.5 Å². The Hall–Kier alpha value is -3.11. The van der Waals surface area contributed by atoms with Gasteiger partial charge in [-0.2, -0.15) is 0 Å². The topological polar surface area (TPSA) is 122 Å². The first-order valence-electron chi connectivity index (χ1n) is 11.9. The molecule has 0 atom stereocenters. The van der Waals surface area contributed by atoms with Crippen LogP contribution in [0.2, 0.25) is 10.0 Å². The maximum atomic E-state index is 13.0. The summed E-state index contributed by atoms with van der Waals surface area (Å²) in [5.74, 6) is -1.32. The van der Waals surface area contributed by atoms with Crippen LogP contribution < -0.4 is 15.8 Å². The predicted molar refractivity (Wildman–Crippen MR) is 150 cm³/mol. The third kappa shape index (κ3) is 7.26. The van der Waals surface area contributed by atoms with Crippen LogP contribution in [0.3, 0.4) is 0 Å². The van der Waals surface area contributed by atoms with Gasteiger partial charge >= 0.3 is 0 Å². The lowest BCUT2D eigenvalue weighted by Crippen LogP contribution is -2.51. The largest absolute Gasteiger partial charge is 0.368 e. The van der Waals surface area contributed by atoms with Gasteiger partial charge in [0.05, 0.1) is 18.3 Å². The van der Waals surface area contributed by atoms with Crippen LogP contribution in [-0.2, 0) is 14.8 Å². The summed E-state index contributed by atoms with van der Waals surface area (Å²) in [7, 11) is -3.69. The Morgan fingerprint density at radius 1 is 0.974 bits per heavy atom. The number of aryl methyl sites for hydroxylation is 1. The summed E-state index contributed by atoms with van der Waals surface area (Å²) in [6.07, 6.45) is 0. The molecule has 4 N–H and O–H groups in total. The van der Waals surface area contributed by atoms with Gasteiger partial charge in [-0.3, -0.25) is 19.2 Å². The van der Waals surface area contributed by atoms with Crippen LogP contribution in [-0.4, -0.2) is 50.5 Å². The molecular weight excluding hydrogens is 547 g/mol. The molecule has 0 radical (unpaired) electrons. The average molecular weight is 576 g/mol. The van der Waals surface area contributed by atoms with Crippen molar-refractivity contribution >= 4 is 50.7 Å². The highest BCUT2D eigenvalue weighted by Gasteiger charge is 2.36. The number of sulfonamides is 1. The molecule has 0 unspecified atom stereocenters. The number of hydrogen-bond acceptors (Lipinski definition) is 5. The Morgan fingerprint density at radius 3 is 2.05 bits per heavy atom. The molecule has 200 valence electrons. The molecule has 1 saturated heterocycles. The van der Waals surface area contributed by atoms with E-state index in [0.29, 0.717) is 28.7 Å². The fourth-order valence-corrected chi connectivity index (χ4v) is 6.25. The van der Waals surface area contributed by atoms with Crippen molar-refractivity contribution in [2.75, 3.05) is 30.1 Å². The van der Waals surface area contributed by atoms with Crippen LogP contribution in [0, 0.1) is 12.8 Å². The van der Waals surface area contributed by atoms with Crippen molar-refractivity contribution in [3.63, 3.8) is 0 Å². The first-order chi connectivity index (χ1) is 18.0. The van der Waals surface area contributed by atoms with Crippen LogP contribution in [0.4, 0.5) is 5.69 Å². The lowest BCUT2D eigenvalue weighted by Gasteiger charge is -2.44. The van der Waals surface area contributed by atoms with Gasteiger partial charge in [-0.25, -0.2) is 8.42 Å². The van der Waals surface area contributed by atoms with Crippen LogP contribution in [0.25, 0.3) is 0 Å². The number of hydrogen-bond donors (Lipinski definition) is 3. The number of benzene rings is 3. The minimum Gasteiger partial charge on any atom is -0.368 e. The molecule has 0 spiro atoms. The van der Waals surface area contributed by atoms with Gasteiger partial charge in [0, 0.05) is 40.3 Å².